The summed E-state index contributed by atoms with van der Waals surface area (Å²) in [5.74, 6) is 0.932. The number of aromatic nitrogens is 2. The van der Waals surface area contributed by atoms with Crippen LogP contribution < -0.4 is 10.6 Å². The summed E-state index contributed by atoms with van der Waals surface area (Å²) >= 11 is 0. The minimum Gasteiger partial charge on any atom is -0.357 e. The first-order chi connectivity index (χ1) is 11.8. The highest BCUT2D eigenvalue weighted by Gasteiger charge is 2.15. The first-order valence-electron chi connectivity index (χ1n) is 8.93. The fourth-order valence-corrected chi connectivity index (χ4v) is 3.16. The largest absolute Gasteiger partial charge is 0.357 e. The molecule has 0 saturated heterocycles. The Bertz CT molecular complexity index is 642. The molecule has 0 unspecified atom stereocenters. The summed E-state index contributed by atoms with van der Waals surface area (Å²) in [4.78, 5) is 4.76. The lowest BCUT2D eigenvalue weighted by molar-refractivity contribution is 0.614. The van der Waals surface area contributed by atoms with Crippen molar-refractivity contribution in [3.8, 4) is 0 Å². The molecule has 5 heteroatoms. The van der Waals surface area contributed by atoms with Gasteiger partial charge in [-0.1, -0.05) is 37.1 Å². The van der Waals surface area contributed by atoms with Crippen LogP contribution in [0.4, 0.5) is 0 Å². The van der Waals surface area contributed by atoms with Gasteiger partial charge >= 0.3 is 0 Å². The van der Waals surface area contributed by atoms with E-state index in [-0.39, 0.29) is 0 Å². The predicted octanol–water partition coefficient (Wildman–Crippen LogP) is 2.93. The molecule has 1 aliphatic carbocycles. The maximum atomic E-state index is 4.76. The van der Waals surface area contributed by atoms with E-state index in [0.29, 0.717) is 12.6 Å². The van der Waals surface area contributed by atoms with Gasteiger partial charge in [0, 0.05) is 25.0 Å². The summed E-state index contributed by atoms with van der Waals surface area (Å²) in [5.41, 5.74) is 2.48. The van der Waals surface area contributed by atoms with Gasteiger partial charge in [-0.15, -0.1) is 0 Å². The fourth-order valence-electron chi connectivity index (χ4n) is 3.16. The van der Waals surface area contributed by atoms with Gasteiger partial charge in [0.15, 0.2) is 5.96 Å². The maximum Gasteiger partial charge on any atom is 0.191 e. The molecule has 2 N–H and O–H groups in total. The smallest absolute Gasteiger partial charge is 0.191 e. The van der Waals surface area contributed by atoms with E-state index in [4.69, 9.17) is 4.99 Å². The van der Waals surface area contributed by atoms with E-state index in [1.54, 1.807) is 0 Å². The summed E-state index contributed by atoms with van der Waals surface area (Å²) < 4.78 is 1.94. The Kier molecular flexibility index (Phi) is 5.88. The predicted molar refractivity (Wildman–Crippen MR) is 98.0 cm³/mol. The molecule has 5 nitrogen and oxygen atoms in total. The van der Waals surface area contributed by atoms with Gasteiger partial charge in [-0.25, -0.2) is 4.99 Å². The van der Waals surface area contributed by atoms with Crippen LogP contribution in [0.15, 0.2) is 47.7 Å². The molecule has 1 fully saturated rings. The molecular formula is C19H27N5. The Morgan fingerprint density at radius 2 is 2.08 bits per heavy atom. The standard InChI is InChI=1S/C19H27N5/c1-2-20-19(23-18-9-3-4-10-18)21-14-16-7-5-8-17(13-16)15-24-12-6-11-22-24/h5-8,11-13,18H,2-4,9-10,14-15H2,1H3,(H2,20,21,23). The number of nitrogens with one attached hydrogen (secondary N) is 2. The molecule has 1 aromatic carbocycles. The van der Waals surface area contributed by atoms with Crippen LogP contribution in [-0.2, 0) is 13.1 Å². The summed E-state index contributed by atoms with van der Waals surface area (Å²) in [5, 5.41) is 11.2. The zero-order valence-electron chi connectivity index (χ0n) is 14.4. The number of rotatable bonds is 6. The van der Waals surface area contributed by atoms with Crippen molar-refractivity contribution in [1.82, 2.24) is 20.4 Å². The molecule has 2 aromatic rings. The zero-order valence-corrected chi connectivity index (χ0v) is 14.4. The third kappa shape index (κ3) is 4.85. The maximum absolute atomic E-state index is 4.76. The van der Waals surface area contributed by atoms with Gasteiger partial charge in [0.1, 0.15) is 0 Å². The Balaban J connectivity index is 1.62. The van der Waals surface area contributed by atoms with Gasteiger partial charge in [-0.2, -0.15) is 5.10 Å². The highest BCUT2D eigenvalue weighted by atomic mass is 15.3. The summed E-state index contributed by atoms with van der Waals surface area (Å²) in [6.07, 6.45) is 8.96. The van der Waals surface area contributed by atoms with Gasteiger partial charge in [0.25, 0.3) is 0 Å². The molecule has 1 aliphatic rings. The summed E-state index contributed by atoms with van der Waals surface area (Å²) in [6.45, 7) is 4.48. The van der Waals surface area contributed by atoms with Crippen LogP contribution in [0.1, 0.15) is 43.7 Å². The van der Waals surface area contributed by atoms with E-state index in [2.05, 4.69) is 46.9 Å². The van der Waals surface area contributed by atoms with Crippen molar-refractivity contribution < 1.29 is 0 Å². The number of benzene rings is 1. The summed E-state index contributed by atoms with van der Waals surface area (Å²) in [6, 6.07) is 11.1. The van der Waals surface area contributed by atoms with Crippen molar-refractivity contribution >= 4 is 5.96 Å². The van der Waals surface area contributed by atoms with Gasteiger partial charge < -0.3 is 10.6 Å². The van der Waals surface area contributed by atoms with Crippen LogP contribution in [0.25, 0.3) is 0 Å². The number of aliphatic imine (C=N–C) groups is 1. The Labute approximate surface area is 144 Å². The molecule has 3 rings (SSSR count). The normalized spacial score (nSPS) is 15.6. The molecule has 0 spiro atoms. The van der Waals surface area contributed by atoms with Crippen molar-refractivity contribution in [2.45, 2.75) is 51.7 Å². The van der Waals surface area contributed by atoms with E-state index in [9.17, 15) is 0 Å². The molecule has 0 bridgehead atoms. The number of hydrogen-bond donors (Lipinski definition) is 2. The molecule has 128 valence electrons. The van der Waals surface area contributed by atoms with Crippen LogP contribution in [0.2, 0.25) is 0 Å². The minimum atomic E-state index is 0.578. The summed E-state index contributed by atoms with van der Waals surface area (Å²) in [7, 11) is 0. The molecule has 1 saturated carbocycles. The SMILES string of the molecule is CCNC(=NCc1cccc(Cn2cccn2)c1)NC1CCCC1. The average molecular weight is 325 g/mol. The monoisotopic (exact) mass is 325 g/mol. The van der Waals surface area contributed by atoms with Crippen LogP contribution in [-0.4, -0.2) is 28.3 Å². The van der Waals surface area contributed by atoms with Gasteiger partial charge in [0.05, 0.1) is 13.1 Å². The lowest BCUT2D eigenvalue weighted by Gasteiger charge is -2.16. The quantitative estimate of drug-likeness (QED) is 0.634. The average Bonchev–Trinajstić information content (AvgIpc) is 3.27. The van der Waals surface area contributed by atoms with Gasteiger partial charge in [0.2, 0.25) is 0 Å². The second kappa shape index (κ2) is 8.52. The number of hydrogen-bond acceptors (Lipinski definition) is 2. The van der Waals surface area contributed by atoms with Crippen LogP contribution in [0.3, 0.4) is 0 Å². The van der Waals surface area contributed by atoms with Crippen molar-refractivity contribution in [2.24, 2.45) is 4.99 Å². The molecule has 0 atom stereocenters. The van der Waals surface area contributed by atoms with Crippen molar-refractivity contribution in [3.63, 3.8) is 0 Å². The third-order valence-electron chi connectivity index (χ3n) is 4.36. The molecule has 1 heterocycles. The lowest BCUT2D eigenvalue weighted by atomic mass is 10.1. The highest BCUT2D eigenvalue weighted by Crippen LogP contribution is 2.17. The van der Waals surface area contributed by atoms with Crippen molar-refractivity contribution in [1.29, 1.82) is 0 Å². The molecule has 0 aliphatic heterocycles. The van der Waals surface area contributed by atoms with E-state index in [1.165, 1.54) is 36.8 Å². The lowest BCUT2D eigenvalue weighted by Crippen LogP contribution is -2.42. The first kappa shape index (κ1) is 16.6. The molecule has 1 aromatic heterocycles. The molecular weight excluding hydrogens is 298 g/mol. The second-order valence-electron chi connectivity index (χ2n) is 6.34. The minimum absolute atomic E-state index is 0.578. The Hall–Kier alpha value is -2.30. The van der Waals surface area contributed by atoms with Crippen LogP contribution >= 0.6 is 0 Å². The Morgan fingerprint density at radius 3 is 2.83 bits per heavy atom. The molecule has 0 radical (unpaired) electrons. The Morgan fingerprint density at radius 1 is 1.25 bits per heavy atom. The van der Waals surface area contributed by atoms with E-state index in [0.717, 1.165) is 19.0 Å². The van der Waals surface area contributed by atoms with Crippen LogP contribution in [0.5, 0.6) is 0 Å². The van der Waals surface area contributed by atoms with E-state index >= 15 is 0 Å². The van der Waals surface area contributed by atoms with Gasteiger partial charge in [-0.05, 0) is 37.0 Å². The van der Waals surface area contributed by atoms with Crippen LogP contribution in [0, 0.1) is 0 Å². The van der Waals surface area contributed by atoms with Crippen molar-refractivity contribution in [2.75, 3.05) is 6.54 Å². The van der Waals surface area contributed by atoms with Gasteiger partial charge in [-0.3, -0.25) is 4.68 Å². The number of guanidine groups is 1. The van der Waals surface area contributed by atoms with E-state index < -0.39 is 0 Å². The van der Waals surface area contributed by atoms with E-state index in [1.807, 2.05) is 23.1 Å². The zero-order chi connectivity index (χ0) is 16.6. The third-order valence-corrected chi connectivity index (χ3v) is 4.36. The first-order valence-corrected chi connectivity index (χ1v) is 8.93. The topological polar surface area (TPSA) is 54.2 Å². The second-order valence-corrected chi connectivity index (χ2v) is 6.34. The molecule has 24 heavy (non-hydrogen) atoms. The highest BCUT2D eigenvalue weighted by molar-refractivity contribution is 5.80. The number of nitrogens with zero attached hydrogens (tertiary/aromatic N) is 3. The fraction of sp³-hybridized carbons (Fsp3) is 0.474. The molecule has 0 amide bonds. The van der Waals surface area contributed by atoms with Crippen molar-refractivity contribution in [3.05, 3.63) is 53.9 Å².